The highest BCUT2D eigenvalue weighted by molar-refractivity contribution is 7.84. The molecule has 10 heteroatoms. The van der Waals surface area contributed by atoms with Gasteiger partial charge in [0.25, 0.3) is 0 Å². The van der Waals surface area contributed by atoms with Crippen LogP contribution in [0.15, 0.2) is 35.9 Å². The lowest BCUT2D eigenvalue weighted by molar-refractivity contribution is 0.627. The molecule has 0 radical (unpaired) electrons. The standard InChI is InChI=1S/C12H10ClFN6OS/c1-22(21)12-17-15-7-19(12)5-8-6-20(18-16-8)9-2-3-11(14)10(13)4-9/h2-4,6-7H,5H2,1H3/t22-/m0/s1. The first-order valence-corrected chi connectivity index (χ1v) is 8.06. The minimum atomic E-state index is -1.24. The van der Waals surface area contributed by atoms with Crippen molar-refractivity contribution in [3.05, 3.63) is 47.3 Å². The third kappa shape index (κ3) is 2.90. The molecule has 114 valence electrons. The van der Waals surface area contributed by atoms with Crippen LogP contribution in [-0.2, 0) is 17.3 Å². The smallest absolute Gasteiger partial charge is 0.221 e. The molecule has 0 aliphatic carbocycles. The summed E-state index contributed by atoms with van der Waals surface area (Å²) in [6, 6.07) is 4.27. The van der Waals surface area contributed by atoms with E-state index in [0.717, 1.165) is 0 Å². The van der Waals surface area contributed by atoms with Crippen molar-refractivity contribution in [2.45, 2.75) is 11.7 Å². The largest absolute Gasteiger partial charge is 0.300 e. The average Bonchev–Trinajstić information content (AvgIpc) is 3.11. The fourth-order valence-electron chi connectivity index (χ4n) is 1.87. The predicted octanol–water partition coefficient (Wildman–Crippen LogP) is 1.44. The Bertz CT molecular complexity index is 848. The first kappa shape index (κ1) is 14.8. The van der Waals surface area contributed by atoms with Gasteiger partial charge in [0.2, 0.25) is 5.16 Å². The van der Waals surface area contributed by atoms with Gasteiger partial charge in [-0.05, 0) is 18.2 Å². The second-order valence-electron chi connectivity index (χ2n) is 4.45. The Kier molecular flexibility index (Phi) is 3.99. The van der Waals surface area contributed by atoms with Gasteiger partial charge >= 0.3 is 0 Å². The van der Waals surface area contributed by atoms with Crippen LogP contribution in [0.2, 0.25) is 5.02 Å². The lowest BCUT2D eigenvalue weighted by Crippen LogP contribution is -2.05. The van der Waals surface area contributed by atoms with E-state index in [4.69, 9.17) is 11.6 Å². The van der Waals surface area contributed by atoms with E-state index in [9.17, 15) is 8.60 Å². The van der Waals surface area contributed by atoms with Crippen molar-refractivity contribution < 1.29 is 8.60 Å². The first-order chi connectivity index (χ1) is 10.5. The van der Waals surface area contributed by atoms with Crippen molar-refractivity contribution in [2.75, 3.05) is 6.26 Å². The zero-order chi connectivity index (χ0) is 15.7. The number of hydrogen-bond acceptors (Lipinski definition) is 5. The highest BCUT2D eigenvalue weighted by atomic mass is 35.5. The van der Waals surface area contributed by atoms with Gasteiger partial charge in [-0.1, -0.05) is 16.8 Å². The average molecular weight is 341 g/mol. The summed E-state index contributed by atoms with van der Waals surface area (Å²) in [5.41, 5.74) is 1.21. The fraction of sp³-hybridized carbons (Fsp3) is 0.167. The predicted molar refractivity (Wildman–Crippen MR) is 77.8 cm³/mol. The molecule has 1 aromatic carbocycles. The van der Waals surface area contributed by atoms with Crippen LogP contribution in [0.1, 0.15) is 5.69 Å². The Labute approximate surface area is 132 Å². The molecule has 0 aliphatic rings. The second kappa shape index (κ2) is 5.93. The SMILES string of the molecule is C[S@](=O)c1nncn1Cc1cn(-c2ccc(F)c(Cl)c2)nn1. The van der Waals surface area contributed by atoms with E-state index in [2.05, 4.69) is 20.5 Å². The maximum absolute atomic E-state index is 13.2. The molecule has 2 aromatic heterocycles. The summed E-state index contributed by atoms with van der Waals surface area (Å²) in [7, 11) is -1.24. The molecule has 0 bridgehead atoms. The van der Waals surface area contributed by atoms with E-state index >= 15 is 0 Å². The van der Waals surface area contributed by atoms with Gasteiger partial charge in [-0.15, -0.1) is 15.3 Å². The van der Waals surface area contributed by atoms with Gasteiger partial charge < -0.3 is 4.57 Å². The van der Waals surface area contributed by atoms with Crippen molar-refractivity contribution >= 4 is 22.4 Å². The van der Waals surface area contributed by atoms with Crippen LogP contribution in [0.25, 0.3) is 5.69 Å². The fourth-order valence-corrected chi connectivity index (χ4v) is 2.65. The van der Waals surface area contributed by atoms with E-state index < -0.39 is 16.6 Å². The summed E-state index contributed by atoms with van der Waals surface area (Å²) >= 11 is 5.75. The molecule has 0 N–H and O–H groups in total. The summed E-state index contributed by atoms with van der Waals surface area (Å²) in [6.45, 7) is 0.330. The van der Waals surface area contributed by atoms with Crippen LogP contribution in [-0.4, -0.2) is 40.2 Å². The van der Waals surface area contributed by atoms with Gasteiger partial charge in [0.1, 0.15) is 17.8 Å². The Balaban J connectivity index is 1.86. The minimum Gasteiger partial charge on any atom is -0.300 e. The molecule has 0 saturated carbocycles. The van der Waals surface area contributed by atoms with Gasteiger partial charge in [0.05, 0.1) is 34.3 Å². The number of hydrogen-bond donors (Lipinski definition) is 0. The molecule has 0 amide bonds. The summed E-state index contributed by atoms with van der Waals surface area (Å²) in [4.78, 5) is 0. The number of rotatable bonds is 4. The molecule has 3 rings (SSSR count). The van der Waals surface area contributed by atoms with Crippen molar-refractivity contribution in [2.24, 2.45) is 0 Å². The highest BCUT2D eigenvalue weighted by Crippen LogP contribution is 2.18. The molecule has 0 unspecified atom stereocenters. The zero-order valence-electron chi connectivity index (χ0n) is 11.3. The third-order valence-electron chi connectivity index (χ3n) is 2.88. The molecule has 3 aromatic rings. The van der Waals surface area contributed by atoms with Crippen molar-refractivity contribution in [3.63, 3.8) is 0 Å². The lowest BCUT2D eigenvalue weighted by Gasteiger charge is -2.02. The molecule has 7 nitrogen and oxygen atoms in total. The maximum atomic E-state index is 13.2. The molecule has 0 fully saturated rings. The molecular formula is C12H10ClFN6OS. The number of nitrogens with zero attached hydrogens (tertiary/aromatic N) is 6. The number of aromatic nitrogens is 6. The number of benzene rings is 1. The molecule has 1 atom stereocenters. The Morgan fingerprint density at radius 3 is 2.91 bits per heavy atom. The third-order valence-corrected chi connectivity index (χ3v) is 4.00. The van der Waals surface area contributed by atoms with E-state index in [1.165, 1.54) is 29.4 Å². The lowest BCUT2D eigenvalue weighted by atomic mass is 10.3. The summed E-state index contributed by atoms with van der Waals surface area (Å²) < 4.78 is 27.8. The Morgan fingerprint density at radius 2 is 2.18 bits per heavy atom. The van der Waals surface area contributed by atoms with Gasteiger partial charge in [-0.25, -0.2) is 9.07 Å². The molecule has 2 heterocycles. The van der Waals surface area contributed by atoms with E-state index in [0.29, 0.717) is 23.1 Å². The van der Waals surface area contributed by atoms with Crippen LogP contribution in [0, 0.1) is 5.82 Å². The van der Waals surface area contributed by atoms with E-state index in [1.807, 2.05) is 0 Å². The van der Waals surface area contributed by atoms with Gasteiger partial charge in [-0.3, -0.25) is 4.21 Å². The van der Waals surface area contributed by atoms with Gasteiger partial charge in [-0.2, -0.15) is 0 Å². The van der Waals surface area contributed by atoms with E-state index in [-0.39, 0.29) is 5.02 Å². The van der Waals surface area contributed by atoms with Crippen molar-refractivity contribution in [1.82, 2.24) is 29.8 Å². The summed E-state index contributed by atoms with van der Waals surface area (Å²) in [5, 5.41) is 15.9. The molecule has 0 saturated heterocycles. The Morgan fingerprint density at radius 1 is 1.36 bits per heavy atom. The first-order valence-electron chi connectivity index (χ1n) is 6.12. The van der Waals surface area contributed by atoms with Gasteiger partial charge in [0.15, 0.2) is 0 Å². The molecule has 0 aliphatic heterocycles. The van der Waals surface area contributed by atoms with Crippen LogP contribution in [0.3, 0.4) is 0 Å². The van der Waals surface area contributed by atoms with Crippen molar-refractivity contribution in [1.29, 1.82) is 0 Å². The van der Waals surface area contributed by atoms with Gasteiger partial charge in [0, 0.05) is 6.26 Å². The number of halogens is 2. The maximum Gasteiger partial charge on any atom is 0.221 e. The van der Waals surface area contributed by atoms with Crippen LogP contribution in [0.4, 0.5) is 4.39 Å². The molecular weight excluding hydrogens is 331 g/mol. The summed E-state index contributed by atoms with van der Waals surface area (Å²) in [6.07, 6.45) is 4.67. The monoisotopic (exact) mass is 340 g/mol. The minimum absolute atomic E-state index is 0.0111. The van der Waals surface area contributed by atoms with E-state index in [1.54, 1.807) is 16.8 Å². The molecule has 22 heavy (non-hydrogen) atoms. The van der Waals surface area contributed by atoms with Crippen LogP contribution in [0.5, 0.6) is 0 Å². The van der Waals surface area contributed by atoms with Crippen LogP contribution < -0.4 is 0 Å². The summed E-state index contributed by atoms with van der Waals surface area (Å²) in [5.74, 6) is -0.495. The highest BCUT2D eigenvalue weighted by Gasteiger charge is 2.11. The van der Waals surface area contributed by atoms with Crippen molar-refractivity contribution in [3.8, 4) is 5.69 Å². The zero-order valence-corrected chi connectivity index (χ0v) is 12.9. The second-order valence-corrected chi connectivity index (χ2v) is 6.13. The topological polar surface area (TPSA) is 78.5 Å². The Hall–Kier alpha value is -2.13. The van der Waals surface area contributed by atoms with Crippen LogP contribution >= 0.6 is 11.6 Å². The quantitative estimate of drug-likeness (QED) is 0.718. The normalized spacial score (nSPS) is 12.5. The molecule has 0 spiro atoms.